The van der Waals surface area contributed by atoms with E-state index in [1.54, 1.807) is 0 Å². The lowest BCUT2D eigenvalue weighted by atomic mass is 10.0. The first-order valence-electron chi connectivity index (χ1n) is 4.14. The zero-order valence-electron chi connectivity index (χ0n) is 7.04. The minimum atomic E-state index is -1.31. The maximum Gasteiger partial charge on any atom is 0.105 e. The second-order valence-corrected chi connectivity index (χ2v) is 3.23. The molecule has 6 heteroatoms. The number of hydrogen-bond donors (Lipinski definition) is 6. The van der Waals surface area contributed by atoms with Crippen LogP contribution in [0.1, 0.15) is 0 Å². The molecule has 1 aliphatic heterocycles. The number of nitrogens with one attached hydrogen (secondary N) is 1. The Balaban J connectivity index is 2.52. The van der Waals surface area contributed by atoms with Gasteiger partial charge in [-0.05, 0) is 0 Å². The van der Waals surface area contributed by atoms with Crippen LogP contribution in [0, 0.1) is 0 Å². The summed E-state index contributed by atoms with van der Waals surface area (Å²) in [4.78, 5) is 0. The summed E-state index contributed by atoms with van der Waals surface area (Å²) in [5.74, 6) is 0. The molecule has 1 saturated heterocycles. The average molecular weight is 193 g/mol. The monoisotopic (exact) mass is 193 g/mol. The van der Waals surface area contributed by atoms with Crippen molar-refractivity contribution in [2.75, 3.05) is 13.2 Å². The molecule has 0 aromatic rings. The summed E-state index contributed by atoms with van der Waals surface area (Å²) in [5, 5.41) is 48.0. The van der Waals surface area contributed by atoms with Crippen molar-refractivity contribution in [1.82, 2.24) is 5.32 Å². The molecule has 5 atom stereocenters. The molecular weight excluding hydrogens is 178 g/mol. The van der Waals surface area contributed by atoms with Gasteiger partial charge >= 0.3 is 0 Å². The SMILES string of the molecule is OC[C@@H](O)[C@@H](O)[C@H]1NC[C@H](O)[C@@H]1O. The van der Waals surface area contributed by atoms with E-state index in [1.807, 2.05) is 0 Å². The van der Waals surface area contributed by atoms with Gasteiger partial charge in [-0.15, -0.1) is 0 Å². The molecule has 1 rings (SSSR count). The van der Waals surface area contributed by atoms with Crippen molar-refractivity contribution in [1.29, 1.82) is 0 Å². The summed E-state index contributed by atoms with van der Waals surface area (Å²) < 4.78 is 0. The van der Waals surface area contributed by atoms with E-state index in [2.05, 4.69) is 5.32 Å². The fourth-order valence-corrected chi connectivity index (χ4v) is 1.41. The van der Waals surface area contributed by atoms with E-state index in [0.717, 1.165) is 0 Å². The summed E-state index contributed by atoms with van der Waals surface area (Å²) in [6, 6.07) is -0.794. The van der Waals surface area contributed by atoms with Crippen LogP contribution in [-0.4, -0.2) is 69.1 Å². The quantitative estimate of drug-likeness (QED) is 0.276. The average Bonchev–Trinajstić information content (AvgIpc) is 2.45. The first-order valence-corrected chi connectivity index (χ1v) is 4.14. The lowest BCUT2D eigenvalue weighted by molar-refractivity contribution is -0.0593. The molecule has 0 unspecified atom stereocenters. The van der Waals surface area contributed by atoms with Crippen molar-refractivity contribution in [3.05, 3.63) is 0 Å². The second-order valence-electron chi connectivity index (χ2n) is 3.23. The summed E-state index contributed by atoms with van der Waals surface area (Å²) in [6.07, 6.45) is -4.64. The van der Waals surface area contributed by atoms with Gasteiger partial charge in [0.05, 0.1) is 24.9 Å². The predicted octanol–water partition coefficient (Wildman–Crippen LogP) is -3.61. The van der Waals surface area contributed by atoms with E-state index in [0.29, 0.717) is 0 Å². The van der Waals surface area contributed by atoms with E-state index in [-0.39, 0.29) is 6.54 Å². The number of aliphatic hydroxyl groups excluding tert-OH is 5. The molecule has 0 saturated carbocycles. The van der Waals surface area contributed by atoms with E-state index < -0.39 is 37.1 Å². The minimum Gasteiger partial charge on any atom is -0.394 e. The van der Waals surface area contributed by atoms with Gasteiger partial charge < -0.3 is 30.8 Å². The van der Waals surface area contributed by atoms with Crippen molar-refractivity contribution in [3.8, 4) is 0 Å². The van der Waals surface area contributed by atoms with Gasteiger partial charge in [-0.25, -0.2) is 0 Å². The molecule has 78 valence electrons. The van der Waals surface area contributed by atoms with Gasteiger partial charge in [0.1, 0.15) is 12.2 Å². The van der Waals surface area contributed by atoms with E-state index >= 15 is 0 Å². The summed E-state index contributed by atoms with van der Waals surface area (Å²) in [6.45, 7) is -0.413. The molecule has 0 bridgehead atoms. The Labute approximate surface area is 75.4 Å². The van der Waals surface area contributed by atoms with Crippen LogP contribution in [0.15, 0.2) is 0 Å². The van der Waals surface area contributed by atoms with Crippen molar-refractivity contribution in [2.24, 2.45) is 0 Å². The molecule has 0 aromatic carbocycles. The normalized spacial score (nSPS) is 39.0. The third-order valence-electron chi connectivity index (χ3n) is 2.27. The molecule has 1 heterocycles. The Morgan fingerprint density at radius 2 is 1.92 bits per heavy atom. The highest BCUT2D eigenvalue weighted by atomic mass is 16.4. The summed E-state index contributed by atoms with van der Waals surface area (Å²) in [7, 11) is 0. The van der Waals surface area contributed by atoms with Crippen LogP contribution in [0.25, 0.3) is 0 Å². The van der Waals surface area contributed by atoms with Crippen molar-refractivity contribution in [2.45, 2.75) is 30.5 Å². The van der Waals surface area contributed by atoms with Crippen LogP contribution in [0.2, 0.25) is 0 Å². The van der Waals surface area contributed by atoms with Crippen LogP contribution >= 0.6 is 0 Å². The fraction of sp³-hybridized carbons (Fsp3) is 1.00. The standard InChI is InChI=1S/C7H15NO5/c9-2-4(11)7(13)5-6(12)3(10)1-8-5/h3-13H,1-2H2/t3-,4+,5-,6-,7+/m0/s1. The van der Waals surface area contributed by atoms with Gasteiger partial charge in [-0.3, -0.25) is 0 Å². The molecular formula is C7H15NO5. The van der Waals surface area contributed by atoms with Crippen molar-refractivity contribution < 1.29 is 25.5 Å². The highest BCUT2D eigenvalue weighted by molar-refractivity contribution is 4.96. The Morgan fingerprint density at radius 3 is 2.31 bits per heavy atom. The lowest BCUT2D eigenvalue weighted by Gasteiger charge is -2.25. The van der Waals surface area contributed by atoms with Crippen LogP contribution in [0.5, 0.6) is 0 Å². The molecule has 0 aliphatic carbocycles. The van der Waals surface area contributed by atoms with Crippen LogP contribution in [0.3, 0.4) is 0 Å². The molecule has 6 nitrogen and oxygen atoms in total. The Kier molecular flexibility index (Phi) is 3.60. The maximum absolute atomic E-state index is 9.36. The molecule has 13 heavy (non-hydrogen) atoms. The van der Waals surface area contributed by atoms with Gasteiger partial charge in [-0.1, -0.05) is 0 Å². The lowest BCUT2D eigenvalue weighted by Crippen LogP contribution is -2.50. The van der Waals surface area contributed by atoms with Crippen LogP contribution in [0.4, 0.5) is 0 Å². The fourth-order valence-electron chi connectivity index (χ4n) is 1.41. The summed E-state index contributed by atoms with van der Waals surface area (Å²) >= 11 is 0. The zero-order chi connectivity index (χ0) is 10.0. The van der Waals surface area contributed by atoms with E-state index in [9.17, 15) is 10.2 Å². The second kappa shape index (κ2) is 4.32. The predicted molar refractivity (Wildman–Crippen MR) is 42.9 cm³/mol. The highest BCUT2D eigenvalue weighted by Gasteiger charge is 2.39. The summed E-state index contributed by atoms with van der Waals surface area (Å²) in [5.41, 5.74) is 0. The van der Waals surface area contributed by atoms with Gasteiger partial charge in [0, 0.05) is 6.54 Å². The highest BCUT2D eigenvalue weighted by Crippen LogP contribution is 2.13. The zero-order valence-corrected chi connectivity index (χ0v) is 7.04. The maximum atomic E-state index is 9.36. The van der Waals surface area contributed by atoms with Crippen molar-refractivity contribution >= 4 is 0 Å². The number of aliphatic hydroxyl groups is 5. The molecule has 1 aliphatic rings. The largest absolute Gasteiger partial charge is 0.394 e. The number of β-amino-alcohol motifs (C(OH)–C–C–N with tert-alkyl or cyclic N) is 1. The minimum absolute atomic E-state index is 0.168. The Morgan fingerprint density at radius 1 is 1.31 bits per heavy atom. The molecule has 0 aromatic heterocycles. The van der Waals surface area contributed by atoms with Gasteiger partial charge in [0.15, 0.2) is 0 Å². The number of hydrogen-bond acceptors (Lipinski definition) is 6. The van der Waals surface area contributed by atoms with Crippen molar-refractivity contribution in [3.63, 3.8) is 0 Å². The molecule has 0 radical (unpaired) electrons. The smallest absolute Gasteiger partial charge is 0.105 e. The van der Waals surface area contributed by atoms with Gasteiger partial charge in [0.25, 0.3) is 0 Å². The molecule has 0 amide bonds. The molecule has 1 fully saturated rings. The third kappa shape index (κ3) is 2.16. The third-order valence-corrected chi connectivity index (χ3v) is 2.27. The first-order chi connectivity index (χ1) is 6.07. The molecule has 6 N–H and O–H groups in total. The Hall–Kier alpha value is -0.240. The van der Waals surface area contributed by atoms with Crippen LogP contribution < -0.4 is 5.32 Å². The molecule has 0 spiro atoms. The van der Waals surface area contributed by atoms with E-state index in [1.165, 1.54) is 0 Å². The number of rotatable bonds is 3. The Bertz CT molecular complexity index is 167. The topological polar surface area (TPSA) is 113 Å². The van der Waals surface area contributed by atoms with E-state index in [4.69, 9.17) is 15.3 Å². The van der Waals surface area contributed by atoms with Gasteiger partial charge in [0.2, 0.25) is 0 Å². The van der Waals surface area contributed by atoms with Crippen LogP contribution in [-0.2, 0) is 0 Å². The first kappa shape index (κ1) is 10.8. The van der Waals surface area contributed by atoms with Gasteiger partial charge in [-0.2, -0.15) is 0 Å².